The number of furan rings is 1. The molecule has 3 aliphatic carbocycles. The number of hydrogen-bond donors (Lipinski definition) is 1. The Morgan fingerprint density at radius 1 is 0.935 bits per heavy atom. The number of hydrogen-bond acceptors (Lipinski definition) is 9. The van der Waals surface area contributed by atoms with E-state index in [-0.39, 0.29) is 24.3 Å². The first-order valence-electron chi connectivity index (χ1n) is 17.9. The highest BCUT2D eigenvalue weighted by Crippen LogP contribution is 2.81. The van der Waals surface area contributed by atoms with Gasteiger partial charge in [-0.2, -0.15) is 0 Å². The van der Waals surface area contributed by atoms with Crippen molar-refractivity contribution in [1.82, 2.24) is 0 Å². The van der Waals surface area contributed by atoms with Gasteiger partial charge in [0.25, 0.3) is 0 Å². The van der Waals surface area contributed by atoms with Gasteiger partial charge in [0.15, 0.2) is 11.9 Å². The number of carbonyl (C=O) groups excluding carboxylic acids is 3. The van der Waals surface area contributed by atoms with Crippen molar-refractivity contribution in [2.75, 3.05) is 6.61 Å². The zero-order valence-corrected chi connectivity index (χ0v) is 28.0. The zero-order valence-electron chi connectivity index (χ0n) is 28.0. The molecule has 0 aromatic carbocycles. The monoisotopic (exact) mass is 638 g/mol. The predicted molar refractivity (Wildman–Crippen MR) is 164 cm³/mol. The molecule has 9 heteroatoms. The van der Waals surface area contributed by atoms with Gasteiger partial charge >= 0.3 is 11.9 Å². The van der Waals surface area contributed by atoms with Crippen molar-refractivity contribution in [2.24, 2.45) is 33.5 Å². The molecular weight excluding hydrogens is 588 g/mol. The minimum absolute atomic E-state index is 0.0698. The van der Waals surface area contributed by atoms with Gasteiger partial charge in [0.2, 0.25) is 0 Å². The van der Waals surface area contributed by atoms with Crippen LogP contribution in [0, 0.1) is 33.5 Å². The van der Waals surface area contributed by atoms with Crippen molar-refractivity contribution in [3.05, 3.63) is 23.7 Å². The summed E-state index contributed by atoms with van der Waals surface area (Å²) < 4.78 is 32.0. The van der Waals surface area contributed by atoms with Crippen LogP contribution < -0.4 is 0 Å². The van der Waals surface area contributed by atoms with Gasteiger partial charge in [-0.05, 0) is 57.9 Å². The number of epoxide rings is 1. The molecule has 252 valence electrons. The van der Waals surface area contributed by atoms with Crippen LogP contribution >= 0.6 is 0 Å². The molecule has 1 aromatic rings. The van der Waals surface area contributed by atoms with E-state index in [1.165, 1.54) is 19.3 Å². The zero-order chi connectivity index (χ0) is 32.5. The summed E-state index contributed by atoms with van der Waals surface area (Å²) in [7, 11) is 0. The van der Waals surface area contributed by atoms with Crippen LogP contribution in [0.15, 0.2) is 16.7 Å². The van der Waals surface area contributed by atoms with E-state index < -0.39 is 69.2 Å². The smallest absolute Gasteiger partial charge is 0.339 e. The van der Waals surface area contributed by atoms with Gasteiger partial charge in [-0.15, -0.1) is 0 Å². The molecule has 46 heavy (non-hydrogen) atoms. The molecule has 0 unspecified atom stereocenters. The van der Waals surface area contributed by atoms with Crippen LogP contribution in [0.5, 0.6) is 0 Å². The first kappa shape index (κ1) is 31.1. The van der Waals surface area contributed by atoms with E-state index in [4.69, 9.17) is 23.4 Å². The van der Waals surface area contributed by atoms with E-state index in [2.05, 4.69) is 13.8 Å². The minimum atomic E-state index is -1.38. The molecule has 7 aliphatic rings. The molecule has 0 bridgehead atoms. The van der Waals surface area contributed by atoms with Gasteiger partial charge in [0, 0.05) is 28.2 Å². The highest BCUT2D eigenvalue weighted by atomic mass is 16.7. The molecule has 1 aromatic heterocycles. The van der Waals surface area contributed by atoms with Gasteiger partial charge in [-0.3, -0.25) is 9.59 Å². The number of aliphatic hydroxyl groups is 1. The van der Waals surface area contributed by atoms with Crippen LogP contribution in [0.2, 0.25) is 0 Å². The Morgan fingerprint density at radius 3 is 2.41 bits per heavy atom. The van der Waals surface area contributed by atoms with Crippen LogP contribution in [-0.4, -0.2) is 58.9 Å². The number of unbranched alkanes of at least 4 members (excludes halogenated alkanes) is 4. The number of carbonyl (C=O) groups is 3. The lowest BCUT2D eigenvalue weighted by molar-refractivity contribution is -0.264. The number of cyclic esters (lactones) is 2. The summed E-state index contributed by atoms with van der Waals surface area (Å²) in [6, 6.07) is 1.92. The first-order valence-corrected chi connectivity index (χ1v) is 17.9. The number of Topliss-reactive ketones (excluding diaryl/α,β-unsaturated/α-hetero) is 1. The number of aryl methyl sites for hydroxylation is 1. The maximum absolute atomic E-state index is 14.7. The quantitative estimate of drug-likeness (QED) is 0.224. The summed E-state index contributed by atoms with van der Waals surface area (Å²) in [6.45, 7) is 10.2. The molecular formula is C37H50O9. The van der Waals surface area contributed by atoms with Gasteiger partial charge in [-0.1, -0.05) is 59.3 Å². The molecule has 0 amide bonds. The average molecular weight is 639 g/mol. The lowest BCUT2D eigenvalue weighted by Gasteiger charge is -2.67. The van der Waals surface area contributed by atoms with E-state index in [0.29, 0.717) is 25.7 Å². The second-order valence-electron chi connectivity index (χ2n) is 16.7. The number of fused-ring (bicyclic) bond motifs is 2. The maximum Gasteiger partial charge on any atom is 0.339 e. The Bertz CT molecular complexity index is 1460. The molecule has 0 radical (unpaired) electrons. The Labute approximate surface area is 271 Å². The molecule has 1 N–H and O–H groups in total. The van der Waals surface area contributed by atoms with Crippen LogP contribution in [0.1, 0.15) is 123 Å². The fourth-order valence-electron chi connectivity index (χ4n) is 12.5. The second kappa shape index (κ2) is 9.91. The maximum atomic E-state index is 14.7. The molecule has 4 aliphatic heterocycles. The van der Waals surface area contributed by atoms with Crippen LogP contribution in [0.4, 0.5) is 0 Å². The highest BCUT2D eigenvalue weighted by Gasteiger charge is 2.91. The topological polar surface area (TPSA) is 125 Å². The predicted octanol–water partition coefficient (Wildman–Crippen LogP) is 5.79. The lowest BCUT2D eigenvalue weighted by atomic mass is 9.35. The third-order valence-electron chi connectivity index (χ3n) is 14.3. The van der Waals surface area contributed by atoms with Crippen LogP contribution in [0.3, 0.4) is 0 Å². The molecule has 10 atom stereocenters. The van der Waals surface area contributed by atoms with Crippen molar-refractivity contribution >= 4 is 17.7 Å². The summed E-state index contributed by atoms with van der Waals surface area (Å²) in [4.78, 5) is 42.2. The van der Waals surface area contributed by atoms with Crippen LogP contribution in [0.25, 0.3) is 0 Å². The van der Waals surface area contributed by atoms with Gasteiger partial charge in [0.05, 0.1) is 29.3 Å². The minimum Gasteiger partial charge on any atom is -0.469 e. The van der Waals surface area contributed by atoms with Gasteiger partial charge in [0.1, 0.15) is 30.2 Å². The Hall–Kier alpha value is -2.23. The Kier molecular flexibility index (Phi) is 6.69. The number of ether oxygens (including phenoxy) is 4. The van der Waals surface area contributed by atoms with Crippen molar-refractivity contribution in [1.29, 1.82) is 0 Å². The van der Waals surface area contributed by atoms with Crippen molar-refractivity contribution < 1.29 is 42.9 Å². The summed E-state index contributed by atoms with van der Waals surface area (Å²) >= 11 is 0. The van der Waals surface area contributed by atoms with Crippen molar-refractivity contribution in [2.45, 2.75) is 147 Å². The Balaban J connectivity index is 1.23. The number of aliphatic hydroxyl groups excluding tert-OH is 1. The van der Waals surface area contributed by atoms with E-state index in [1.54, 1.807) is 6.26 Å². The molecule has 3 spiro atoms. The molecule has 5 heterocycles. The summed E-state index contributed by atoms with van der Waals surface area (Å²) in [5.74, 6) is -1.09. The van der Waals surface area contributed by atoms with Gasteiger partial charge < -0.3 is 28.5 Å². The lowest BCUT2D eigenvalue weighted by Crippen LogP contribution is -2.77. The van der Waals surface area contributed by atoms with Crippen molar-refractivity contribution in [3.63, 3.8) is 0 Å². The van der Waals surface area contributed by atoms with E-state index >= 15 is 0 Å². The molecule has 8 rings (SSSR count). The van der Waals surface area contributed by atoms with E-state index in [9.17, 15) is 19.5 Å². The summed E-state index contributed by atoms with van der Waals surface area (Å²) in [5.41, 5.74) is -4.71. The third-order valence-corrected chi connectivity index (χ3v) is 14.3. The first-order chi connectivity index (χ1) is 21.9. The van der Waals surface area contributed by atoms with E-state index in [1.807, 2.05) is 26.8 Å². The summed E-state index contributed by atoms with van der Waals surface area (Å²) in [6.07, 6.45) is 9.08. The average Bonchev–Trinajstić information content (AvgIpc) is 3.27. The van der Waals surface area contributed by atoms with Crippen LogP contribution in [-0.2, 0) is 39.8 Å². The molecule has 4 saturated heterocycles. The fraction of sp³-hybridized carbons (Fsp3) is 0.811. The number of esters is 2. The summed E-state index contributed by atoms with van der Waals surface area (Å²) in [5, 5.41) is 12.3. The standard InChI is InChI=1S/C37H50O9/c1-6-7-8-9-10-13-22-21(15-19-42-22)27-33(4)18-14-23-34(5,37(33)28(45-37)29(40)44-27)26(39)24(38)25-32(2,3)46-30-35(16-11-12-17-35)31(41)43-20-36(23,25)30/h15,19,23,25-28,30,39H,6-14,16-18,20H2,1-5H3/t23-,25+,26-,27-,28-,30+,33-,34+,36+,37+/m1/s1. The molecule has 7 fully saturated rings. The highest BCUT2D eigenvalue weighted by molar-refractivity contribution is 5.92. The SMILES string of the molecule is CCCCCCCc1occc1[C@H]1OC(=O)[C@H]2O[C@@]23[C@]2(C)[C@H](O)C(=O)[C@H]4C(C)(C)O[C@H]5C6(CCCC6)C(=O)OC[C@]45[C@@H]2CC[C@]13C. The fourth-order valence-corrected chi connectivity index (χ4v) is 12.5. The normalized spacial score (nSPS) is 46.1. The number of ketones is 1. The van der Waals surface area contributed by atoms with Crippen molar-refractivity contribution in [3.8, 4) is 0 Å². The van der Waals surface area contributed by atoms with E-state index in [0.717, 1.165) is 43.4 Å². The molecule has 9 nitrogen and oxygen atoms in total. The number of rotatable bonds is 7. The van der Waals surface area contributed by atoms with Gasteiger partial charge in [-0.25, -0.2) is 4.79 Å². The third kappa shape index (κ3) is 3.45. The second-order valence-corrected chi connectivity index (χ2v) is 16.7. The molecule has 3 saturated carbocycles. The Morgan fingerprint density at radius 2 is 1.67 bits per heavy atom. The largest absolute Gasteiger partial charge is 0.469 e.